The maximum absolute atomic E-state index is 13.7. The zero-order valence-corrected chi connectivity index (χ0v) is 15.1. The van der Waals surface area contributed by atoms with Crippen molar-refractivity contribution in [3.8, 4) is 0 Å². The molecular formula is C18H18F3N3O2S. The van der Waals surface area contributed by atoms with Crippen LogP contribution in [0.15, 0.2) is 30.5 Å². The largest absolute Gasteiger partial charge is 0.375 e. The van der Waals surface area contributed by atoms with Crippen LogP contribution >= 0.6 is 12.6 Å². The van der Waals surface area contributed by atoms with Gasteiger partial charge in [-0.15, -0.1) is 0 Å². The monoisotopic (exact) mass is 397 g/mol. The summed E-state index contributed by atoms with van der Waals surface area (Å²) in [5.74, 6) is -3.40. The maximum atomic E-state index is 13.7. The molecule has 0 spiro atoms. The van der Waals surface area contributed by atoms with E-state index in [0.29, 0.717) is 24.8 Å². The highest BCUT2D eigenvalue weighted by molar-refractivity contribution is 7.81. The van der Waals surface area contributed by atoms with E-state index in [2.05, 4.69) is 17.6 Å². The summed E-state index contributed by atoms with van der Waals surface area (Å²) in [6.45, 7) is 0.494. The molecule has 0 radical (unpaired) electrons. The first-order valence-corrected chi connectivity index (χ1v) is 8.79. The van der Waals surface area contributed by atoms with Crippen LogP contribution in [0.4, 0.5) is 19.0 Å². The highest BCUT2D eigenvalue weighted by Gasteiger charge is 2.33. The summed E-state index contributed by atoms with van der Waals surface area (Å²) in [6, 6.07) is 4.31. The van der Waals surface area contributed by atoms with Crippen LogP contribution in [0.5, 0.6) is 0 Å². The normalized spacial score (nSPS) is 19.5. The Bertz CT molecular complexity index is 853. The lowest BCUT2D eigenvalue weighted by atomic mass is 10.2. The van der Waals surface area contributed by atoms with Gasteiger partial charge in [0, 0.05) is 29.6 Å². The Morgan fingerprint density at radius 2 is 2.04 bits per heavy atom. The average molecular weight is 397 g/mol. The lowest BCUT2D eigenvalue weighted by molar-refractivity contribution is 0.0996. The summed E-state index contributed by atoms with van der Waals surface area (Å²) >= 11 is 4.49. The second-order valence-corrected chi connectivity index (χ2v) is 7.04. The molecule has 0 saturated carbocycles. The quantitative estimate of drug-likeness (QED) is 0.581. The molecule has 0 aliphatic carbocycles. The predicted octanol–water partition coefficient (Wildman–Crippen LogP) is 2.69. The number of thiol groups is 1. The third kappa shape index (κ3) is 4.36. The first-order valence-electron chi connectivity index (χ1n) is 8.27. The van der Waals surface area contributed by atoms with E-state index < -0.39 is 23.4 Å². The van der Waals surface area contributed by atoms with Gasteiger partial charge in [0.05, 0.1) is 24.8 Å². The Morgan fingerprint density at radius 1 is 1.30 bits per heavy atom. The number of aromatic nitrogens is 1. The van der Waals surface area contributed by atoms with Gasteiger partial charge < -0.3 is 15.4 Å². The van der Waals surface area contributed by atoms with E-state index in [4.69, 9.17) is 10.5 Å². The smallest absolute Gasteiger partial charge is 0.252 e. The Labute approximate surface area is 159 Å². The standard InChI is InChI=1S/C18H18F3N3O2S/c19-14-6-16(21)15(20)4-10(14)8-26-9-11-5-12(27)7-24(11)18-13(17(22)25)2-1-3-23-18/h1-4,6,11-12,27H,5,7-9H2,(H2,22,25)/t11-,12+/m0/s1. The number of halogens is 3. The van der Waals surface area contributed by atoms with Crippen molar-refractivity contribution in [3.05, 3.63) is 59.0 Å². The molecule has 2 aromatic rings. The number of hydrogen-bond donors (Lipinski definition) is 2. The summed E-state index contributed by atoms with van der Waals surface area (Å²) in [4.78, 5) is 17.8. The van der Waals surface area contributed by atoms with Crippen LogP contribution in [0.2, 0.25) is 0 Å². The van der Waals surface area contributed by atoms with Gasteiger partial charge in [-0.25, -0.2) is 18.2 Å². The molecule has 9 heteroatoms. The lowest BCUT2D eigenvalue weighted by Crippen LogP contribution is -2.35. The van der Waals surface area contributed by atoms with Gasteiger partial charge in [0.2, 0.25) is 0 Å². The van der Waals surface area contributed by atoms with Crippen molar-refractivity contribution in [2.45, 2.75) is 24.3 Å². The fraction of sp³-hybridized carbons (Fsp3) is 0.333. The van der Waals surface area contributed by atoms with Crippen molar-refractivity contribution in [1.29, 1.82) is 0 Å². The number of carbonyl (C=O) groups excluding carboxylic acids is 1. The number of ether oxygens (including phenoxy) is 1. The van der Waals surface area contributed by atoms with Crippen LogP contribution in [0.1, 0.15) is 22.3 Å². The summed E-state index contributed by atoms with van der Waals surface area (Å²) in [7, 11) is 0. The van der Waals surface area contributed by atoms with Crippen LogP contribution in [-0.4, -0.2) is 35.3 Å². The van der Waals surface area contributed by atoms with Crippen molar-refractivity contribution < 1.29 is 22.7 Å². The maximum Gasteiger partial charge on any atom is 0.252 e. The number of hydrogen-bond acceptors (Lipinski definition) is 5. The third-order valence-electron chi connectivity index (χ3n) is 4.37. The predicted molar refractivity (Wildman–Crippen MR) is 97.3 cm³/mol. The fourth-order valence-electron chi connectivity index (χ4n) is 3.11. The molecule has 5 nitrogen and oxygen atoms in total. The number of primary amides is 1. The molecule has 1 aromatic heterocycles. The van der Waals surface area contributed by atoms with Crippen molar-refractivity contribution >= 4 is 24.4 Å². The minimum absolute atomic E-state index is 0.0290. The molecule has 3 rings (SSSR count). The Balaban J connectivity index is 1.71. The number of nitrogens with two attached hydrogens (primary N) is 1. The fourth-order valence-corrected chi connectivity index (χ4v) is 3.53. The number of amides is 1. The van der Waals surface area contributed by atoms with Gasteiger partial charge in [-0.2, -0.15) is 12.6 Å². The van der Waals surface area contributed by atoms with E-state index in [0.717, 1.165) is 6.07 Å². The van der Waals surface area contributed by atoms with Crippen molar-refractivity contribution in [3.63, 3.8) is 0 Å². The number of carbonyl (C=O) groups is 1. The summed E-state index contributed by atoms with van der Waals surface area (Å²) in [6.07, 6.45) is 2.21. The topological polar surface area (TPSA) is 68.5 Å². The molecule has 1 amide bonds. The molecule has 1 aromatic carbocycles. The van der Waals surface area contributed by atoms with Crippen molar-refractivity contribution in [1.82, 2.24) is 4.98 Å². The summed E-state index contributed by atoms with van der Waals surface area (Å²) in [5, 5.41) is 0.0290. The first-order chi connectivity index (χ1) is 12.9. The van der Waals surface area contributed by atoms with Crippen LogP contribution in [-0.2, 0) is 11.3 Å². The molecule has 1 saturated heterocycles. The van der Waals surface area contributed by atoms with Crippen molar-refractivity contribution in [2.24, 2.45) is 5.73 Å². The molecule has 1 aliphatic heterocycles. The number of anilines is 1. The van der Waals surface area contributed by atoms with E-state index in [1.54, 1.807) is 18.3 Å². The number of nitrogens with zero attached hydrogens (tertiary/aromatic N) is 2. The van der Waals surface area contributed by atoms with E-state index in [1.807, 2.05) is 4.90 Å². The highest BCUT2D eigenvalue weighted by Crippen LogP contribution is 2.29. The molecule has 1 fully saturated rings. The van der Waals surface area contributed by atoms with Gasteiger partial charge in [0.1, 0.15) is 11.6 Å². The van der Waals surface area contributed by atoms with Crippen LogP contribution in [0.3, 0.4) is 0 Å². The van der Waals surface area contributed by atoms with E-state index in [-0.39, 0.29) is 35.6 Å². The molecule has 27 heavy (non-hydrogen) atoms. The SMILES string of the molecule is NC(=O)c1cccnc1N1C[C@H](S)C[C@H]1COCc1cc(F)c(F)cc1F. The van der Waals surface area contributed by atoms with Gasteiger partial charge in [0.25, 0.3) is 5.91 Å². The van der Waals surface area contributed by atoms with Crippen molar-refractivity contribution in [2.75, 3.05) is 18.1 Å². The molecule has 1 aliphatic rings. The Morgan fingerprint density at radius 3 is 2.78 bits per heavy atom. The second-order valence-electron chi connectivity index (χ2n) is 6.31. The minimum atomic E-state index is -1.25. The van der Waals surface area contributed by atoms with Gasteiger partial charge in [-0.3, -0.25) is 4.79 Å². The molecule has 2 N–H and O–H groups in total. The van der Waals surface area contributed by atoms with E-state index >= 15 is 0 Å². The summed E-state index contributed by atoms with van der Waals surface area (Å²) < 4.78 is 45.5. The average Bonchev–Trinajstić information content (AvgIpc) is 2.99. The van der Waals surface area contributed by atoms with E-state index in [1.165, 1.54) is 0 Å². The Hall–Kier alpha value is -2.26. The second kappa shape index (κ2) is 8.18. The Kier molecular flexibility index (Phi) is 5.91. The van der Waals surface area contributed by atoms with Gasteiger partial charge in [-0.1, -0.05) is 0 Å². The van der Waals surface area contributed by atoms with Gasteiger partial charge in [0.15, 0.2) is 11.6 Å². The zero-order chi connectivity index (χ0) is 19.6. The number of rotatable bonds is 6. The zero-order valence-electron chi connectivity index (χ0n) is 14.2. The number of benzene rings is 1. The molecule has 144 valence electrons. The van der Waals surface area contributed by atoms with Gasteiger partial charge in [-0.05, 0) is 24.6 Å². The van der Waals surface area contributed by atoms with Gasteiger partial charge >= 0.3 is 0 Å². The van der Waals surface area contributed by atoms with Crippen LogP contribution in [0.25, 0.3) is 0 Å². The molecule has 2 atom stereocenters. The molecule has 0 bridgehead atoms. The number of pyridine rings is 1. The molecule has 2 heterocycles. The molecule has 0 unspecified atom stereocenters. The first kappa shape index (κ1) is 19.5. The molecular weight excluding hydrogens is 379 g/mol. The van der Waals surface area contributed by atoms with Crippen LogP contribution in [0, 0.1) is 17.5 Å². The van der Waals surface area contributed by atoms with E-state index in [9.17, 15) is 18.0 Å². The minimum Gasteiger partial charge on any atom is -0.375 e. The lowest BCUT2D eigenvalue weighted by Gasteiger charge is -2.26. The van der Waals surface area contributed by atoms with Crippen LogP contribution < -0.4 is 10.6 Å². The third-order valence-corrected chi connectivity index (χ3v) is 4.75. The highest BCUT2D eigenvalue weighted by atomic mass is 32.1. The summed E-state index contributed by atoms with van der Waals surface area (Å²) in [5.41, 5.74) is 5.63.